The van der Waals surface area contributed by atoms with Crippen LogP contribution in [0.4, 0.5) is 0 Å². The van der Waals surface area contributed by atoms with Gasteiger partial charge in [0.05, 0.1) is 0 Å². The lowest BCUT2D eigenvalue weighted by Crippen LogP contribution is -2.52. The Morgan fingerprint density at radius 3 is 2.83 bits per heavy atom. The normalized spacial score (nSPS) is 48.8. The number of aliphatic hydroxyl groups is 1. The van der Waals surface area contributed by atoms with Gasteiger partial charge in [0, 0.05) is 11.8 Å². The van der Waals surface area contributed by atoms with Crippen molar-refractivity contribution in [1.29, 1.82) is 0 Å². The van der Waals surface area contributed by atoms with Crippen LogP contribution in [-0.2, 0) is 4.79 Å². The topological polar surface area (TPSA) is 37.3 Å². The summed E-state index contributed by atoms with van der Waals surface area (Å²) in [5.74, 6) is 5.30. The van der Waals surface area contributed by atoms with E-state index in [2.05, 4.69) is 19.4 Å². The minimum atomic E-state index is -1.14. The average molecular weight is 310 g/mol. The van der Waals surface area contributed by atoms with Gasteiger partial charge in [-0.15, -0.1) is 6.42 Å². The maximum atomic E-state index is 11.7. The third-order valence-corrected chi connectivity index (χ3v) is 7.70. The van der Waals surface area contributed by atoms with Crippen LogP contribution < -0.4 is 0 Å². The van der Waals surface area contributed by atoms with Gasteiger partial charge in [-0.25, -0.2) is 0 Å². The Kier molecular flexibility index (Phi) is 3.20. The van der Waals surface area contributed by atoms with Crippen LogP contribution in [0.2, 0.25) is 0 Å². The van der Waals surface area contributed by atoms with Gasteiger partial charge in [-0.3, -0.25) is 4.79 Å². The van der Waals surface area contributed by atoms with E-state index in [1.54, 1.807) is 0 Å². The smallest absolute Gasteiger partial charge is 0.155 e. The van der Waals surface area contributed by atoms with Gasteiger partial charge in [-0.2, -0.15) is 0 Å². The van der Waals surface area contributed by atoms with Crippen molar-refractivity contribution in [3.05, 3.63) is 23.8 Å². The zero-order valence-corrected chi connectivity index (χ0v) is 14.0. The van der Waals surface area contributed by atoms with Crippen LogP contribution in [0.1, 0.15) is 51.9 Å². The number of ketones is 1. The average Bonchev–Trinajstić information content (AvgIpc) is 2.75. The molecule has 23 heavy (non-hydrogen) atoms. The minimum absolute atomic E-state index is 0.230. The number of rotatable bonds is 0. The third-order valence-electron chi connectivity index (χ3n) is 7.70. The number of hydrogen-bond donors (Lipinski definition) is 1. The van der Waals surface area contributed by atoms with Crippen molar-refractivity contribution in [1.82, 2.24) is 0 Å². The van der Waals surface area contributed by atoms with Crippen LogP contribution in [0.5, 0.6) is 0 Å². The molecule has 0 heterocycles. The molecule has 2 heteroatoms. The lowest BCUT2D eigenvalue weighted by Gasteiger charge is -2.54. The van der Waals surface area contributed by atoms with Crippen molar-refractivity contribution in [2.24, 2.45) is 29.1 Å². The van der Waals surface area contributed by atoms with Gasteiger partial charge in [0.1, 0.15) is 0 Å². The van der Waals surface area contributed by atoms with Crippen molar-refractivity contribution in [3.8, 4) is 12.3 Å². The van der Waals surface area contributed by atoms with Crippen LogP contribution >= 0.6 is 0 Å². The van der Waals surface area contributed by atoms with Crippen molar-refractivity contribution < 1.29 is 9.90 Å². The summed E-state index contributed by atoms with van der Waals surface area (Å²) in [4.78, 5) is 11.7. The Morgan fingerprint density at radius 2 is 2.09 bits per heavy atom. The highest BCUT2D eigenvalue weighted by Gasteiger charge is 2.63. The van der Waals surface area contributed by atoms with E-state index in [1.165, 1.54) is 5.57 Å². The first-order chi connectivity index (χ1) is 10.9. The van der Waals surface area contributed by atoms with Gasteiger partial charge in [-0.05, 0) is 73.8 Å². The zero-order valence-electron chi connectivity index (χ0n) is 14.0. The highest BCUT2D eigenvalue weighted by molar-refractivity contribution is 5.91. The molecule has 0 bridgehead atoms. The molecule has 3 saturated carbocycles. The van der Waals surface area contributed by atoms with Gasteiger partial charge in [0.15, 0.2) is 11.4 Å². The largest absolute Gasteiger partial charge is 0.373 e. The predicted molar refractivity (Wildman–Crippen MR) is 90.4 cm³/mol. The molecule has 3 fully saturated rings. The number of carbonyl (C=O) groups is 1. The fourth-order valence-corrected chi connectivity index (χ4v) is 6.41. The third kappa shape index (κ3) is 1.83. The molecule has 4 aliphatic rings. The van der Waals surface area contributed by atoms with E-state index in [0.29, 0.717) is 35.9 Å². The molecule has 0 amide bonds. The second-order valence-electron chi connectivity index (χ2n) is 8.42. The number of fused-ring (bicyclic) bond motifs is 5. The quantitative estimate of drug-likeness (QED) is 0.548. The summed E-state index contributed by atoms with van der Waals surface area (Å²) in [6, 6.07) is 0. The number of carbonyl (C=O) groups excluding carboxylic acids is 1. The summed E-state index contributed by atoms with van der Waals surface area (Å²) in [6.07, 6.45) is 14.5. The lowest BCUT2D eigenvalue weighted by molar-refractivity contribution is -0.116. The van der Waals surface area contributed by atoms with Gasteiger partial charge < -0.3 is 5.11 Å². The molecule has 0 aromatic carbocycles. The molecule has 122 valence electrons. The Labute approximate surface area is 139 Å². The summed E-state index contributed by atoms with van der Waals surface area (Å²) in [5.41, 5.74) is 0.871. The summed E-state index contributed by atoms with van der Waals surface area (Å²) in [7, 11) is 0. The Bertz CT molecular complexity index is 651. The Morgan fingerprint density at radius 1 is 1.30 bits per heavy atom. The molecule has 0 unspecified atom stereocenters. The van der Waals surface area contributed by atoms with E-state index >= 15 is 0 Å². The van der Waals surface area contributed by atoms with Crippen molar-refractivity contribution in [2.75, 3.05) is 0 Å². The Balaban J connectivity index is 1.69. The molecule has 0 aromatic heterocycles. The predicted octanol–water partition coefficient (Wildman–Crippen LogP) is 3.66. The minimum Gasteiger partial charge on any atom is -0.373 e. The fraction of sp³-hybridized carbons (Fsp3) is 0.667. The van der Waals surface area contributed by atoms with E-state index in [9.17, 15) is 9.90 Å². The summed E-state index contributed by atoms with van der Waals surface area (Å²) < 4.78 is 0. The highest BCUT2D eigenvalue weighted by atomic mass is 16.3. The molecule has 4 aliphatic carbocycles. The van der Waals surface area contributed by atoms with Gasteiger partial charge in [-0.1, -0.05) is 25.0 Å². The molecule has 0 radical (unpaired) electrons. The van der Waals surface area contributed by atoms with Crippen LogP contribution in [0.25, 0.3) is 0 Å². The zero-order chi connectivity index (χ0) is 16.4. The van der Waals surface area contributed by atoms with Gasteiger partial charge in [0.25, 0.3) is 0 Å². The van der Waals surface area contributed by atoms with Crippen molar-refractivity contribution >= 4 is 5.78 Å². The van der Waals surface area contributed by atoms with Crippen LogP contribution in [0.3, 0.4) is 0 Å². The maximum Gasteiger partial charge on any atom is 0.155 e. The standard InChI is InChI=1S/C21H26O2/c1-4-21(23)13(2)11-19-18-7-5-14-12-15(22)6-8-16(14)17(18)9-10-20(19,21)3/h1,12,16-19,23H,2,5-11H2,3H3/t16-,17+,18+,19-,20-,21-/m0/s1. The molecule has 2 nitrogen and oxygen atoms in total. The SMILES string of the molecule is C#C[C@]1(O)C(=C)C[C@H]2[C@@H]3CCC4=CC(=O)CC[C@@H]4[C@H]3CC[C@@]21C. The van der Waals surface area contributed by atoms with Gasteiger partial charge in [0.2, 0.25) is 0 Å². The molecular formula is C21H26O2. The lowest BCUT2D eigenvalue weighted by atomic mass is 9.50. The van der Waals surface area contributed by atoms with Crippen LogP contribution in [0, 0.1) is 41.4 Å². The first-order valence-electron chi connectivity index (χ1n) is 9.02. The summed E-state index contributed by atoms with van der Waals surface area (Å²) in [6.45, 7) is 6.31. The molecule has 4 rings (SSSR count). The molecule has 1 N–H and O–H groups in total. The molecule has 0 saturated heterocycles. The fourth-order valence-electron chi connectivity index (χ4n) is 6.41. The van der Waals surface area contributed by atoms with Crippen molar-refractivity contribution in [2.45, 2.75) is 57.5 Å². The monoisotopic (exact) mass is 310 g/mol. The van der Waals surface area contributed by atoms with E-state index in [0.717, 1.165) is 44.1 Å². The first kappa shape index (κ1) is 15.2. The summed E-state index contributed by atoms with van der Waals surface area (Å²) >= 11 is 0. The molecular weight excluding hydrogens is 284 g/mol. The van der Waals surface area contributed by atoms with E-state index in [1.807, 2.05) is 6.08 Å². The molecule has 6 atom stereocenters. The number of allylic oxidation sites excluding steroid dienone is 1. The second kappa shape index (κ2) is 4.84. The van der Waals surface area contributed by atoms with E-state index in [-0.39, 0.29) is 5.41 Å². The Hall–Kier alpha value is -1.33. The highest BCUT2D eigenvalue weighted by Crippen LogP contribution is 2.65. The molecule has 0 spiro atoms. The van der Waals surface area contributed by atoms with Crippen LogP contribution in [-0.4, -0.2) is 16.5 Å². The summed E-state index contributed by atoms with van der Waals surface area (Å²) in [5, 5.41) is 11.1. The van der Waals surface area contributed by atoms with E-state index in [4.69, 9.17) is 6.42 Å². The second-order valence-corrected chi connectivity index (χ2v) is 8.42. The molecule has 0 aromatic rings. The van der Waals surface area contributed by atoms with E-state index < -0.39 is 5.60 Å². The number of hydrogen-bond acceptors (Lipinski definition) is 2. The molecule has 0 aliphatic heterocycles. The maximum absolute atomic E-state index is 11.7. The first-order valence-corrected chi connectivity index (χ1v) is 9.02. The van der Waals surface area contributed by atoms with Gasteiger partial charge >= 0.3 is 0 Å². The number of terminal acetylenes is 1. The van der Waals surface area contributed by atoms with Crippen LogP contribution in [0.15, 0.2) is 23.8 Å². The van der Waals surface area contributed by atoms with Crippen molar-refractivity contribution in [3.63, 3.8) is 0 Å².